The first-order valence-corrected chi connectivity index (χ1v) is 6.94. The lowest BCUT2D eigenvalue weighted by Crippen LogP contribution is -2.49. The molecule has 0 saturated heterocycles. The Morgan fingerprint density at radius 3 is 2.50 bits per heavy atom. The Morgan fingerprint density at radius 2 is 1.90 bits per heavy atom. The molecular weight excluding hydrogens is 262 g/mol. The van der Waals surface area contributed by atoms with Crippen LogP contribution < -0.4 is 16.0 Å². The zero-order valence-corrected chi connectivity index (χ0v) is 11.9. The number of urea groups is 1. The number of carboxylic acid groups (broad SMARTS) is 1. The number of nitrogens with one attached hydrogen (secondary N) is 3. The van der Waals surface area contributed by atoms with E-state index in [0.29, 0.717) is 13.0 Å². The lowest BCUT2D eigenvalue weighted by Gasteiger charge is -2.28. The van der Waals surface area contributed by atoms with Gasteiger partial charge >= 0.3 is 12.0 Å². The molecule has 3 unspecified atom stereocenters. The van der Waals surface area contributed by atoms with Crippen molar-refractivity contribution in [3.05, 3.63) is 0 Å². The highest BCUT2D eigenvalue weighted by Crippen LogP contribution is 2.29. The summed E-state index contributed by atoms with van der Waals surface area (Å²) in [5.74, 6) is -1.50. The van der Waals surface area contributed by atoms with Crippen LogP contribution in [-0.2, 0) is 9.59 Å². The molecule has 0 spiro atoms. The fraction of sp³-hybridized carbons (Fsp3) is 0.769. The van der Waals surface area contributed by atoms with Gasteiger partial charge in [0.15, 0.2) is 0 Å². The number of hydrogen-bond donors (Lipinski definition) is 4. The number of carbonyl (C=O) groups excluding carboxylic acids is 2. The second-order valence-corrected chi connectivity index (χ2v) is 5.18. The quantitative estimate of drug-likeness (QED) is 0.583. The predicted octanol–water partition coefficient (Wildman–Crippen LogP) is 0.311. The van der Waals surface area contributed by atoms with E-state index < -0.39 is 18.0 Å². The van der Waals surface area contributed by atoms with Crippen LogP contribution in [0.25, 0.3) is 0 Å². The van der Waals surface area contributed by atoms with E-state index in [1.54, 1.807) is 6.92 Å². The Labute approximate surface area is 118 Å². The monoisotopic (exact) mass is 285 g/mol. The standard InChI is InChI=1S/C13H23N3O4/c1-8(11(17)14-2)16-13(20)15-7-9-5-3-4-6-10(9)12(18)19/h8-10H,3-7H2,1-2H3,(H,14,17)(H,18,19)(H2,15,16,20). The average molecular weight is 285 g/mol. The van der Waals surface area contributed by atoms with E-state index in [4.69, 9.17) is 5.11 Å². The summed E-state index contributed by atoms with van der Waals surface area (Å²) in [6.07, 6.45) is 3.39. The Morgan fingerprint density at radius 1 is 1.25 bits per heavy atom. The van der Waals surface area contributed by atoms with Gasteiger partial charge in [-0.1, -0.05) is 12.8 Å². The summed E-state index contributed by atoms with van der Waals surface area (Å²) in [7, 11) is 1.50. The molecule has 3 atom stereocenters. The summed E-state index contributed by atoms with van der Waals surface area (Å²) < 4.78 is 0. The van der Waals surface area contributed by atoms with E-state index in [-0.39, 0.29) is 17.7 Å². The van der Waals surface area contributed by atoms with Gasteiger partial charge in [0.05, 0.1) is 5.92 Å². The van der Waals surface area contributed by atoms with Crippen LogP contribution in [0.2, 0.25) is 0 Å². The third-order valence-electron chi connectivity index (χ3n) is 3.74. The van der Waals surface area contributed by atoms with Crippen LogP contribution in [0.15, 0.2) is 0 Å². The van der Waals surface area contributed by atoms with Gasteiger partial charge in [0.25, 0.3) is 0 Å². The predicted molar refractivity (Wildman–Crippen MR) is 73.1 cm³/mol. The van der Waals surface area contributed by atoms with Gasteiger partial charge in [-0.25, -0.2) is 4.79 Å². The highest BCUT2D eigenvalue weighted by atomic mass is 16.4. The van der Waals surface area contributed by atoms with Gasteiger partial charge in [-0.05, 0) is 25.7 Å². The van der Waals surface area contributed by atoms with Crippen molar-refractivity contribution in [1.29, 1.82) is 0 Å². The smallest absolute Gasteiger partial charge is 0.315 e. The van der Waals surface area contributed by atoms with Gasteiger partial charge in [0, 0.05) is 13.6 Å². The van der Waals surface area contributed by atoms with Crippen LogP contribution in [0.4, 0.5) is 4.79 Å². The van der Waals surface area contributed by atoms with E-state index >= 15 is 0 Å². The van der Waals surface area contributed by atoms with Crippen LogP contribution in [0.3, 0.4) is 0 Å². The largest absolute Gasteiger partial charge is 0.481 e. The highest BCUT2D eigenvalue weighted by Gasteiger charge is 2.30. The Hall–Kier alpha value is -1.79. The van der Waals surface area contributed by atoms with Gasteiger partial charge in [-0.3, -0.25) is 9.59 Å². The fourth-order valence-corrected chi connectivity index (χ4v) is 2.53. The molecule has 114 valence electrons. The number of likely N-dealkylation sites (N-methyl/N-ethyl adjacent to an activating group) is 1. The summed E-state index contributed by atoms with van der Waals surface area (Å²) in [6.45, 7) is 1.91. The summed E-state index contributed by atoms with van der Waals surface area (Å²) in [5.41, 5.74) is 0. The molecule has 0 heterocycles. The topological polar surface area (TPSA) is 108 Å². The highest BCUT2D eigenvalue weighted by molar-refractivity contribution is 5.86. The number of rotatable bonds is 5. The summed E-state index contributed by atoms with van der Waals surface area (Å²) in [5, 5.41) is 16.7. The van der Waals surface area contributed by atoms with E-state index in [0.717, 1.165) is 19.3 Å². The second kappa shape index (κ2) is 7.72. The molecule has 1 aliphatic carbocycles. The van der Waals surface area contributed by atoms with E-state index in [9.17, 15) is 14.4 Å². The second-order valence-electron chi connectivity index (χ2n) is 5.18. The first-order valence-electron chi connectivity index (χ1n) is 6.94. The number of aliphatic carboxylic acids is 1. The Kier molecular flexibility index (Phi) is 6.27. The van der Waals surface area contributed by atoms with Crippen LogP contribution in [0.5, 0.6) is 0 Å². The average Bonchev–Trinajstić information content (AvgIpc) is 2.44. The van der Waals surface area contributed by atoms with Crippen molar-refractivity contribution < 1.29 is 19.5 Å². The minimum Gasteiger partial charge on any atom is -0.481 e. The van der Waals surface area contributed by atoms with E-state index in [1.165, 1.54) is 7.05 Å². The van der Waals surface area contributed by atoms with Crippen molar-refractivity contribution in [2.24, 2.45) is 11.8 Å². The Bertz CT molecular complexity index is 373. The molecule has 1 saturated carbocycles. The van der Waals surface area contributed by atoms with Crippen LogP contribution in [0, 0.1) is 11.8 Å². The van der Waals surface area contributed by atoms with E-state index in [1.807, 2.05) is 0 Å². The lowest BCUT2D eigenvalue weighted by atomic mass is 9.79. The number of carbonyl (C=O) groups is 3. The lowest BCUT2D eigenvalue weighted by molar-refractivity contribution is -0.144. The zero-order chi connectivity index (χ0) is 15.1. The van der Waals surface area contributed by atoms with Crippen molar-refractivity contribution in [2.45, 2.75) is 38.6 Å². The van der Waals surface area contributed by atoms with Crippen LogP contribution >= 0.6 is 0 Å². The molecular formula is C13H23N3O4. The van der Waals surface area contributed by atoms with Crippen molar-refractivity contribution in [3.8, 4) is 0 Å². The number of amides is 3. The van der Waals surface area contributed by atoms with Crippen LogP contribution in [0.1, 0.15) is 32.6 Å². The minimum atomic E-state index is -0.796. The van der Waals surface area contributed by atoms with Gasteiger partial charge in [0.1, 0.15) is 6.04 Å². The van der Waals surface area contributed by atoms with Crippen molar-refractivity contribution in [1.82, 2.24) is 16.0 Å². The maximum Gasteiger partial charge on any atom is 0.315 e. The number of hydrogen-bond acceptors (Lipinski definition) is 3. The first-order chi connectivity index (χ1) is 9.45. The maximum absolute atomic E-state index is 11.6. The van der Waals surface area contributed by atoms with E-state index in [2.05, 4.69) is 16.0 Å². The molecule has 7 heteroatoms. The summed E-state index contributed by atoms with van der Waals surface area (Å²) in [4.78, 5) is 34.0. The van der Waals surface area contributed by atoms with Gasteiger partial charge in [-0.2, -0.15) is 0 Å². The molecule has 7 nitrogen and oxygen atoms in total. The SMILES string of the molecule is CNC(=O)C(C)NC(=O)NCC1CCCCC1C(=O)O. The molecule has 3 amide bonds. The van der Waals surface area contributed by atoms with Crippen molar-refractivity contribution in [3.63, 3.8) is 0 Å². The molecule has 0 aromatic heterocycles. The maximum atomic E-state index is 11.6. The van der Waals surface area contributed by atoms with Gasteiger partial charge in [0.2, 0.25) is 5.91 Å². The van der Waals surface area contributed by atoms with Gasteiger partial charge < -0.3 is 21.1 Å². The zero-order valence-electron chi connectivity index (χ0n) is 11.9. The molecule has 0 radical (unpaired) electrons. The molecule has 1 rings (SSSR count). The normalized spacial score (nSPS) is 23.5. The molecule has 4 N–H and O–H groups in total. The van der Waals surface area contributed by atoms with Crippen molar-refractivity contribution >= 4 is 17.9 Å². The van der Waals surface area contributed by atoms with Gasteiger partial charge in [-0.15, -0.1) is 0 Å². The van der Waals surface area contributed by atoms with Crippen molar-refractivity contribution in [2.75, 3.05) is 13.6 Å². The summed E-state index contributed by atoms with van der Waals surface area (Å²) >= 11 is 0. The number of carboxylic acids is 1. The summed E-state index contributed by atoms with van der Waals surface area (Å²) in [6, 6.07) is -1.07. The fourth-order valence-electron chi connectivity index (χ4n) is 2.53. The molecule has 1 fully saturated rings. The third-order valence-corrected chi connectivity index (χ3v) is 3.74. The van der Waals surface area contributed by atoms with Crippen LogP contribution in [-0.4, -0.2) is 42.6 Å². The molecule has 0 aliphatic heterocycles. The minimum absolute atomic E-state index is 0.0395. The molecule has 0 aromatic rings. The third kappa shape index (κ3) is 4.71. The molecule has 0 bridgehead atoms. The Balaban J connectivity index is 2.39. The molecule has 1 aliphatic rings. The molecule has 0 aromatic carbocycles. The first kappa shape index (κ1) is 16.3. The molecule has 20 heavy (non-hydrogen) atoms.